The van der Waals surface area contributed by atoms with Crippen LogP contribution in [-0.4, -0.2) is 47.1 Å². The summed E-state index contributed by atoms with van der Waals surface area (Å²) in [5, 5.41) is 9.27. The van der Waals surface area contributed by atoms with Crippen LogP contribution in [0.15, 0.2) is 40.2 Å². The minimum atomic E-state index is -0.712. The molecule has 3 unspecified atom stereocenters. The zero-order valence-corrected chi connectivity index (χ0v) is 18.7. The predicted molar refractivity (Wildman–Crippen MR) is 121 cm³/mol. The van der Waals surface area contributed by atoms with E-state index in [2.05, 4.69) is 33.4 Å². The molecule has 1 saturated heterocycles. The van der Waals surface area contributed by atoms with Crippen molar-refractivity contribution in [2.45, 2.75) is 64.5 Å². The SMILES string of the molecule is CCC(C)CC(=O)NC1CCC2=C3C(=CCC=C2)CC(C(=O)NC/C(N)=N/NN)N3C1=O. The zero-order chi connectivity index (χ0) is 23.3. The molecule has 0 radical (unpaired) electrons. The van der Waals surface area contributed by atoms with E-state index in [4.69, 9.17) is 11.6 Å². The van der Waals surface area contributed by atoms with Crippen molar-refractivity contribution in [3.8, 4) is 0 Å². The first-order chi connectivity index (χ1) is 15.3. The molecular weight excluding hydrogens is 410 g/mol. The van der Waals surface area contributed by atoms with Gasteiger partial charge in [-0.2, -0.15) is 5.10 Å². The van der Waals surface area contributed by atoms with Crippen molar-refractivity contribution in [2.75, 3.05) is 6.54 Å². The maximum absolute atomic E-state index is 13.6. The van der Waals surface area contributed by atoms with E-state index in [1.807, 2.05) is 19.9 Å². The van der Waals surface area contributed by atoms with E-state index in [1.165, 1.54) is 0 Å². The minimum Gasteiger partial charge on any atom is -0.384 e. The van der Waals surface area contributed by atoms with Crippen LogP contribution < -0.4 is 27.7 Å². The smallest absolute Gasteiger partial charge is 0.250 e. The lowest BCUT2D eigenvalue weighted by molar-refractivity contribution is -0.139. The molecule has 1 aliphatic carbocycles. The number of hydrogen-bond donors (Lipinski definition) is 5. The number of rotatable bonds is 8. The van der Waals surface area contributed by atoms with Crippen molar-refractivity contribution in [2.24, 2.45) is 22.6 Å². The molecule has 7 N–H and O–H groups in total. The van der Waals surface area contributed by atoms with E-state index in [9.17, 15) is 14.4 Å². The highest BCUT2D eigenvalue weighted by Crippen LogP contribution is 2.41. The second-order valence-corrected chi connectivity index (χ2v) is 8.50. The molecule has 2 heterocycles. The number of hydrogen-bond acceptors (Lipinski definition) is 6. The topological polar surface area (TPSA) is 155 Å². The fourth-order valence-electron chi connectivity index (χ4n) is 4.28. The highest BCUT2D eigenvalue weighted by Gasteiger charge is 2.45. The van der Waals surface area contributed by atoms with E-state index in [1.54, 1.807) is 4.90 Å². The molecule has 2 aliphatic heterocycles. The lowest BCUT2D eigenvalue weighted by atomic mass is 10.0. The summed E-state index contributed by atoms with van der Waals surface area (Å²) < 4.78 is 0. The van der Waals surface area contributed by atoms with Gasteiger partial charge in [0, 0.05) is 12.8 Å². The van der Waals surface area contributed by atoms with Gasteiger partial charge < -0.3 is 16.4 Å². The molecule has 3 aliphatic rings. The van der Waals surface area contributed by atoms with Crippen LogP contribution in [-0.2, 0) is 14.4 Å². The number of nitrogens with one attached hydrogen (secondary N) is 3. The number of carbonyl (C=O) groups excluding carboxylic acids is 3. The number of allylic oxidation sites excluding steroid dienone is 5. The second kappa shape index (κ2) is 10.4. The maximum atomic E-state index is 13.6. The molecule has 0 aromatic rings. The summed E-state index contributed by atoms with van der Waals surface area (Å²) in [6, 6.07) is -1.38. The van der Waals surface area contributed by atoms with Crippen LogP contribution in [0, 0.1) is 5.92 Å². The molecule has 3 amide bonds. The van der Waals surface area contributed by atoms with Crippen LogP contribution in [0.25, 0.3) is 0 Å². The van der Waals surface area contributed by atoms with E-state index in [-0.39, 0.29) is 36.0 Å². The zero-order valence-electron chi connectivity index (χ0n) is 18.7. The Morgan fingerprint density at radius 2 is 2.16 bits per heavy atom. The Morgan fingerprint density at radius 1 is 1.38 bits per heavy atom. The van der Waals surface area contributed by atoms with Crippen molar-refractivity contribution in [3.63, 3.8) is 0 Å². The van der Waals surface area contributed by atoms with Crippen LogP contribution in [0.2, 0.25) is 0 Å². The van der Waals surface area contributed by atoms with Gasteiger partial charge in [0.25, 0.3) is 0 Å². The molecule has 0 saturated carbocycles. The van der Waals surface area contributed by atoms with Gasteiger partial charge >= 0.3 is 0 Å². The Labute approximate surface area is 188 Å². The Hall–Kier alpha value is -3.14. The van der Waals surface area contributed by atoms with Crippen molar-refractivity contribution in [3.05, 3.63) is 35.1 Å². The van der Waals surface area contributed by atoms with Crippen LogP contribution in [0.1, 0.15) is 52.4 Å². The number of nitrogens with zero attached hydrogens (tertiary/aromatic N) is 2. The predicted octanol–water partition coefficient (Wildman–Crippen LogP) is 0.294. The number of nitrogens with two attached hydrogens (primary N) is 2. The van der Waals surface area contributed by atoms with Gasteiger partial charge in [-0.15, -0.1) is 0 Å². The summed E-state index contributed by atoms with van der Waals surface area (Å²) in [6.07, 6.45) is 9.71. The normalized spacial score (nSPS) is 23.7. The molecule has 0 aromatic heterocycles. The maximum Gasteiger partial charge on any atom is 0.250 e. The molecule has 0 spiro atoms. The number of hydrazone groups is 1. The van der Waals surface area contributed by atoms with E-state index in [0.717, 1.165) is 29.7 Å². The highest BCUT2D eigenvalue weighted by molar-refractivity contribution is 5.97. The molecule has 1 fully saturated rings. The van der Waals surface area contributed by atoms with Crippen molar-refractivity contribution >= 4 is 23.6 Å². The van der Waals surface area contributed by atoms with Gasteiger partial charge in [0.15, 0.2) is 0 Å². The lowest BCUT2D eigenvalue weighted by Gasteiger charge is -2.28. The third-order valence-corrected chi connectivity index (χ3v) is 6.15. The molecule has 3 rings (SSSR count). The van der Waals surface area contributed by atoms with Gasteiger partial charge in [0.1, 0.15) is 17.9 Å². The third-order valence-electron chi connectivity index (χ3n) is 6.15. The van der Waals surface area contributed by atoms with Gasteiger partial charge in [-0.05, 0) is 36.3 Å². The Kier molecular flexibility index (Phi) is 7.68. The highest BCUT2D eigenvalue weighted by atomic mass is 16.2. The lowest BCUT2D eigenvalue weighted by Crippen LogP contribution is -2.53. The van der Waals surface area contributed by atoms with Crippen molar-refractivity contribution in [1.82, 2.24) is 21.1 Å². The summed E-state index contributed by atoms with van der Waals surface area (Å²) in [5.74, 6) is 4.75. The van der Waals surface area contributed by atoms with Gasteiger partial charge in [-0.3, -0.25) is 19.3 Å². The summed E-state index contributed by atoms with van der Waals surface area (Å²) in [7, 11) is 0. The third kappa shape index (κ3) is 5.18. The first-order valence-electron chi connectivity index (χ1n) is 11.1. The monoisotopic (exact) mass is 443 g/mol. The average Bonchev–Trinajstić information content (AvgIpc) is 2.96. The summed E-state index contributed by atoms with van der Waals surface area (Å²) in [4.78, 5) is 40.7. The van der Waals surface area contributed by atoms with Crippen LogP contribution >= 0.6 is 0 Å². The number of hydrazine groups is 1. The number of carbonyl (C=O) groups is 3. The fraction of sp³-hybridized carbons (Fsp3) is 0.545. The molecule has 32 heavy (non-hydrogen) atoms. The molecule has 10 heteroatoms. The Balaban J connectivity index is 1.84. The molecule has 174 valence electrons. The van der Waals surface area contributed by atoms with Crippen LogP contribution in [0.5, 0.6) is 0 Å². The van der Waals surface area contributed by atoms with Gasteiger partial charge in [0.2, 0.25) is 17.7 Å². The molecule has 0 aromatic carbocycles. The number of amides is 3. The number of amidine groups is 1. The Morgan fingerprint density at radius 3 is 2.88 bits per heavy atom. The van der Waals surface area contributed by atoms with Gasteiger partial charge in [-0.25, -0.2) is 11.4 Å². The second-order valence-electron chi connectivity index (χ2n) is 8.50. The summed E-state index contributed by atoms with van der Waals surface area (Å²) in [5.41, 5.74) is 10.6. The fourth-order valence-corrected chi connectivity index (χ4v) is 4.28. The van der Waals surface area contributed by atoms with Crippen LogP contribution in [0.4, 0.5) is 0 Å². The minimum absolute atomic E-state index is 0.00148. The van der Waals surface area contributed by atoms with Gasteiger partial charge in [-0.1, -0.05) is 38.5 Å². The first-order valence-corrected chi connectivity index (χ1v) is 11.1. The van der Waals surface area contributed by atoms with Crippen LogP contribution in [0.3, 0.4) is 0 Å². The quantitative estimate of drug-likeness (QED) is 0.157. The van der Waals surface area contributed by atoms with E-state index >= 15 is 0 Å². The summed E-state index contributed by atoms with van der Waals surface area (Å²) >= 11 is 0. The first kappa shape index (κ1) is 23.5. The van der Waals surface area contributed by atoms with Gasteiger partial charge in [0.05, 0.1) is 12.2 Å². The standard InChI is InChI=1S/C22H33N7O3/c1-3-13(2)10-19(30)26-16-9-8-14-6-4-5-7-15-11-17(29(20(14)15)22(16)32)21(31)25-12-18(23)27-28-24/h4,6-7,13,16-17,28H,3,5,8-12,24H2,1-2H3,(H2,23,27)(H,25,31)(H,26,30). The van der Waals surface area contributed by atoms with E-state index < -0.39 is 12.1 Å². The van der Waals surface area contributed by atoms with Crippen molar-refractivity contribution in [1.29, 1.82) is 0 Å². The van der Waals surface area contributed by atoms with Crippen molar-refractivity contribution < 1.29 is 14.4 Å². The Bertz CT molecular complexity index is 890. The largest absolute Gasteiger partial charge is 0.384 e. The molecule has 0 bridgehead atoms. The summed E-state index contributed by atoms with van der Waals surface area (Å²) in [6.45, 7) is 4.04. The molecule has 10 nitrogen and oxygen atoms in total. The molecular formula is C22H33N7O3. The average molecular weight is 444 g/mol. The van der Waals surface area contributed by atoms with E-state index in [0.29, 0.717) is 25.7 Å². The molecule has 3 atom stereocenters.